The van der Waals surface area contributed by atoms with Crippen LogP contribution in [0, 0.1) is 16.0 Å². The molecule has 3 rings (SSSR count). The first-order valence-electron chi connectivity index (χ1n) is 9.08. The van der Waals surface area contributed by atoms with Crippen molar-refractivity contribution in [2.24, 2.45) is 18.1 Å². The van der Waals surface area contributed by atoms with Crippen LogP contribution in [-0.2, 0) is 11.9 Å². The highest BCUT2D eigenvalue weighted by Crippen LogP contribution is 2.32. The number of nitro groups is 1. The quantitative estimate of drug-likeness (QED) is 0.605. The van der Waals surface area contributed by atoms with Crippen molar-refractivity contribution in [2.75, 3.05) is 0 Å². The molecular formula is C17H26N4O3. The minimum absolute atomic E-state index is 0.00990. The van der Waals surface area contributed by atoms with Crippen LogP contribution in [0.15, 0.2) is 11.4 Å². The van der Waals surface area contributed by atoms with Crippen LogP contribution in [0.25, 0.3) is 0 Å². The maximum atomic E-state index is 11.1. The molecule has 1 fully saturated rings. The fourth-order valence-corrected chi connectivity index (χ4v) is 3.80. The average molecular weight is 334 g/mol. The van der Waals surface area contributed by atoms with E-state index >= 15 is 0 Å². The molecule has 0 aromatic carbocycles. The molecule has 1 aliphatic heterocycles. The van der Waals surface area contributed by atoms with Crippen molar-refractivity contribution >= 4 is 11.5 Å². The summed E-state index contributed by atoms with van der Waals surface area (Å²) in [5.41, 5.74) is 0.785. The maximum absolute atomic E-state index is 11.1. The molecule has 1 aromatic heterocycles. The predicted octanol–water partition coefficient (Wildman–Crippen LogP) is 3.96. The van der Waals surface area contributed by atoms with Crippen molar-refractivity contribution in [2.45, 2.75) is 70.3 Å². The van der Waals surface area contributed by atoms with Crippen LogP contribution < -0.4 is 0 Å². The summed E-state index contributed by atoms with van der Waals surface area (Å²) in [7, 11) is 1.67. The lowest BCUT2D eigenvalue weighted by Crippen LogP contribution is -2.26. The Morgan fingerprint density at radius 2 is 1.75 bits per heavy atom. The molecule has 0 radical (unpaired) electrons. The van der Waals surface area contributed by atoms with Crippen molar-refractivity contribution in [3.8, 4) is 0 Å². The summed E-state index contributed by atoms with van der Waals surface area (Å²) >= 11 is 0. The molecule has 24 heavy (non-hydrogen) atoms. The molecular weight excluding hydrogens is 308 g/mol. The SMILES string of the molecule is Cn1c([N+](=O)[O-])cnc1C1=NO[C@H]2CCCCCCCCCC[C@H]12. The Balaban J connectivity index is 1.77. The number of hydrogen-bond acceptors (Lipinski definition) is 5. The normalized spacial score (nSPS) is 25.8. The first kappa shape index (κ1) is 16.9. The number of hydrogen-bond donors (Lipinski definition) is 0. The molecule has 0 unspecified atom stereocenters. The third kappa shape index (κ3) is 3.60. The zero-order valence-electron chi connectivity index (χ0n) is 14.3. The number of oxime groups is 1. The molecule has 0 saturated heterocycles. The van der Waals surface area contributed by atoms with E-state index in [1.54, 1.807) is 7.05 Å². The molecule has 132 valence electrons. The fourth-order valence-electron chi connectivity index (χ4n) is 3.80. The van der Waals surface area contributed by atoms with Gasteiger partial charge in [0.1, 0.15) is 12.3 Å². The summed E-state index contributed by atoms with van der Waals surface area (Å²) in [6, 6.07) is 0. The first-order valence-corrected chi connectivity index (χ1v) is 9.08. The van der Waals surface area contributed by atoms with E-state index in [1.165, 1.54) is 49.3 Å². The zero-order valence-corrected chi connectivity index (χ0v) is 14.3. The van der Waals surface area contributed by atoms with Gasteiger partial charge in [0.15, 0.2) is 5.71 Å². The lowest BCUT2D eigenvalue weighted by atomic mass is 9.87. The van der Waals surface area contributed by atoms with Crippen LogP contribution in [0.4, 0.5) is 5.82 Å². The van der Waals surface area contributed by atoms with E-state index in [0.717, 1.165) is 31.4 Å². The number of fused-ring (bicyclic) bond motifs is 1. The second-order valence-electron chi connectivity index (χ2n) is 6.89. The van der Waals surface area contributed by atoms with Crippen molar-refractivity contribution in [1.29, 1.82) is 0 Å². The second-order valence-corrected chi connectivity index (χ2v) is 6.89. The van der Waals surface area contributed by atoms with Gasteiger partial charge in [-0.1, -0.05) is 50.1 Å². The highest BCUT2D eigenvalue weighted by atomic mass is 16.6. The number of nitrogens with zero attached hydrogens (tertiary/aromatic N) is 4. The van der Waals surface area contributed by atoms with Crippen LogP contribution >= 0.6 is 0 Å². The van der Waals surface area contributed by atoms with Gasteiger partial charge in [0.2, 0.25) is 5.82 Å². The Hall–Kier alpha value is -1.92. The molecule has 1 aliphatic carbocycles. The van der Waals surface area contributed by atoms with Crippen LogP contribution in [0.2, 0.25) is 0 Å². The van der Waals surface area contributed by atoms with Crippen molar-refractivity contribution in [3.63, 3.8) is 0 Å². The third-order valence-electron chi connectivity index (χ3n) is 5.22. The highest BCUT2D eigenvalue weighted by Gasteiger charge is 2.38. The molecule has 2 atom stereocenters. The Labute approximate surface area is 142 Å². The molecule has 0 N–H and O–H groups in total. The summed E-state index contributed by atoms with van der Waals surface area (Å²) < 4.78 is 1.51. The van der Waals surface area contributed by atoms with Crippen LogP contribution in [0.1, 0.15) is 70.0 Å². The Kier molecular flexibility index (Phi) is 5.48. The van der Waals surface area contributed by atoms with E-state index < -0.39 is 4.92 Å². The summed E-state index contributed by atoms with van der Waals surface area (Å²) in [5, 5.41) is 15.3. The van der Waals surface area contributed by atoms with Gasteiger partial charge in [-0.05, 0) is 24.2 Å². The summed E-state index contributed by atoms with van der Waals surface area (Å²) in [5.74, 6) is 0.760. The van der Waals surface area contributed by atoms with E-state index in [-0.39, 0.29) is 17.8 Å². The van der Waals surface area contributed by atoms with Gasteiger partial charge in [0.25, 0.3) is 0 Å². The molecule has 2 heterocycles. The van der Waals surface area contributed by atoms with Crippen molar-refractivity contribution < 1.29 is 9.76 Å². The van der Waals surface area contributed by atoms with E-state index in [1.807, 2.05) is 0 Å². The molecule has 0 spiro atoms. The standard InChI is InChI=1S/C17H26N4O3/c1-20-15(21(22)23)12-18-17(20)16-13-10-8-6-4-2-3-5-7-9-11-14(13)24-19-16/h12-14H,2-11H2,1H3/t13-,14-/m0/s1. The molecule has 0 bridgehead atoms. The minimum atomic E-state index is -0.411. The van der Waals surface area contributed by atoms with Gasteiger partial charge in [-0.25, -0.2) is 9.55 Å². The Bertz CT molecular complexity index is 611. The van der Waals surface area contributed by atoms with Crippen LogP contribution in [-0.4, -0.2) is 26.3 Å². The largest absolute Gasteiger partial charge is 0.391 e. The van der Waals surface area contributed by atoms with Crippen molar-refractivity contribution in [1.82, 2.24) is 9.55 Å². The topological polar surface area (TPSA) is 82.5 Å². The smallest absolute Gasteiger partial charge is 0.342 e. The second kappa shape index (κ2) is 7.77. The highest BCUT2D eigenvalue weighted by molar-refractivity contribution is 6.00. The Morgan fingerprint density at radius 1 is 1.12 bits per heavy atom. The third-order valence-corrected chi connectivity index (χ3v) is 5.22. The fraction of sp³-hybridized carbons (Fsp3) is 0.765. The van der Waals surface area contributed by atoms with Gasteiger partial charge in [0.05, 0.1) is 13.0 Å². The molecule has 1 aromatic rings. The number of rotatable bonds is 2. The molecule has 7 heteroatoms. The van der Waals surface area contributed by atoms with Gasteiger partial charge < -0.3 is 15.0 Å². The lowest BCUT2D eigenvalue weighted by molar-refractivity contribution is -0.391. The van der Waals surface area contributed by atoms with Gasteiger partial charge >= 0.3 is 5.82 Å². The number of imidazole rings is 1. The lowest BCUT2D eigenvalue weighted by Gasteiger charge is -2.19. The number of aromatic nitrogens is 2. The molecule has 1 saturated carbocycles. The minimum Gasteiger partial charge on any atom is -0.391 e. The van der Waals surface area contributed by atoms with Crippen LogP contribution in [0.5, 0.6) is 0 Å². The maximum Gasteiger partial charge on any atom is 0.342 e. The Morgan fingerprint density at radius 3 is 2.38 bits per heavy atom. The van der Waals surface area contributed by atoms with Gasteiger partial charge in [0, 0.05) is 0 Å². The zero-order chi connectivity index (χ0) is 16.9. The molecule has 0 amide bonds. The van der Waals surface area contributed by atoms with E-state index in [0.29, 0.717) is 5.82 Å². The summed E-state index contributed by atoms with van der Waals surface area (Å²) in [6.07, 6.45) is 13.5. The summed E-state index contributed by atoms with van der Waals surface area (Å²) in [4.78, 5) is 20.6. The van der Waals surface area contributed by atoms with Crippen LogP contribution in [0.3, 0.4) is 0 Å². The van der Waals surface area contributed by atoms with E-state index in [9.17, 15) is 10.1 Å². The van der Waals surface area contributed by atoms with Gasteiger partial charge in [-0.2, -0.15) is 0 Å². The van der Waals surface area contributed by atoms with E-state index in [2.05, 4.69) is 10.1 Å². The predicted molar refractivity (Wildman–Crippen MR) is 90.9 cm³/mol. The average Bonchev–Trinajstić information content (AvgIpc) is 3.10. The molecule has 7 nitrogen and oxygen atoms in total. The monoisotopic (exact) mass is 334 g/mol. The van der Waals surface area contributed by atoms with Gasteiger partial charge in [-0.3, -0.25) is 0 Å². The summed E-state index contributed by atoms with van der Waals surface area (Å²) in [6.45, 7) is 0. The van der Waals surface area contributed by atoms with Crippen molar-refractivity contribution in [3.05, 3.63) is 22.1 Å². The van der Waals surface area contributed by atoms with Gasteiger partial charge in [-0.15, -0.1) is 0 Å². The first-order chi connectivity index (χ1) is 11.7. The van der Waals surface area contributed by atoms with E-state index in [4.69, 9.17) is 4.84 Å². The molecule has 2 aliphatic rings.